The van der Waals surface area contributed by atoms with Gasteiger partial charge in [0, 0.05) is 49.3 Å². The minimum Gasteiger partial charge on any atom is -0.504 e. The molecule has 8 heteroatoms. The molecule has 4 bridgehead atoms. The van der Waals surface area contributed by atoms with Crippen LogP contribution in [0.1, 0.15) is 40.4 Å². The lowest BCUT2D eigenvalue weighted by Crippen LogP contribution is -2.39. The van der Waals surface area contributed by atoms with E-state index in [1.165, 1.54) is 5.56 Å². The van der Waals surface area contributed by atoms with Crippen LogP contribution in [0.25, 0.3) is 5.69 Å². The van der Waals surface area contributed by atoms with Crippen LogP contribution in [-0.2, 0) is 17.8 Å². The summed E-state index contributed by atoms with van der Waals surface area (Å²) in [5.74, 6) is 1.58. The number of phenols is 1. The first-order chi connectivity index (χ1) is 19.4. The number of benzene rings is 3. The number of methoxy groups -OCH3 is 1. The zero-order valence-electron chi connectivity index (χ0n) is 23.1. The van der Waals surface area contributed by atoms with Crippen molar-refractivity contribution in [2.45, 2.75) is 45.2 Å². The highest BCUT2D eigenvalue weighted by Crippen LogP contribution is 2.40. The van der Waals surface area contributed by atoms with Crippen molar-refractivity contribution in [3.8, 4) is 28.7 Å². The zero-order chi connectivity index (χ0) is 27.8. The Morgan fingerprint density at radius 3 is 2.65 bits per heavy atom. The van der Waals surface area contributed by atoms with Gasteiger partial charge in [0.2, 0.25) is 5.91 Å². The van der Waals surface area contributed by atoms with E-state index in [1.807, 2.05) is 47.1 Å². The van der Waals surface area contributed by atoms with Crippen molar-refractivity contribution in [3.63, 3.8) is 0 Å². The molecule has 2 aliphatic rings. The molecule has 0 aliphatic carbocycles. The molecule has 1 amide bonds. The van der Waals surface area contributed by atoms with Crippen molar-refractivity contribution in [1.82, 2.24) is 20.0 Å². The van der Waals surface area contributed by atoms with E-state index in [9.17, 15) is 9.90 Å². The third-order valence-electron chi connectivity index (χ3n) is 8.07. The van der Waals surface area contributed by atoms with E-state index in [2.05, 4.69) is 36.2 Å². The lowest BCUT2D eigenvalue weighted by atomic mass is 9.93. The molecular formula is C32H34N4O4. The van der Waals surface area contributed by atoms with Crippen LogP contribution in [0.4, 0.5) is 0 Å². The molecule has 8 nitrogen and oxygen atoms in total. The predicted octanol–water partition coefficient (Wildman–Crippen LogP) is 5.03. The zero-order valence-corrected chi connectivity index (χ0v) is 23.1. The van der Waals surface area contributed by atoms with E-state index in [0.29, 0.717) is 30.1 Å². The summed E-state index contributed by atoms with van der Waals surface area (Å²) in [7, 11) is 1.60. The van der Waals surface area contributed by atoms with E-state index >= 15 is 0 Å². The molecule has 2 aliphatic heterocycles. The number of aromatic nitrogens is 2. The molecule has 6 rings (SSSR count). The van der Waals surface area contributed by atoms with Crippen LogP contribution >= 0.6 is 0 Å². The summed E-state index contributed by atoms with van der Waals surface area (Å²) in [6.45, 7) is 6.41. The number of hydrogen-bond acceptors (Lipinski definition) is 6. The SMILES string of the molecule is COc1ccc2cc1Oc1cc(ccc1O)CCC(=O)N[C@@H]1CN(Cc3c(C)nn(-c4ccccc4)c3C)C[C@@H]21. The van der Waals surface area contributed by atoms with Gasteiger partial charge in [0.05, 0.1) is 18.5 Å². The van der Waals surface area contributed by atoms with Gasteiger partial charge in [-0.05, 0) is 67.8 Å². The molecular weight excluding hydrogens is 504 g/mol. The second kappa shape index (κ2) is 10.7. The number of phenolic OH excluding ortho intramolecular Hbond substituents is 1. The smallest absolute Gasteiger partial charge is 0.220 e. The average Bonchev–Trinajstić information content (AvgIpc) is 3.49. The molecule has 1 saturated heterocycles. The Kier molecular flexibility index (Phi) is 6.94. The van der Waals surface area contributed by atoms with Crippen molar-refractivity contribution in [2.24, 2.45) is 0 Å². The van der Waals surface area contributed by atoms with Crippen molar-refractivity contribution >= 4 is 5.91 Å². The number of fused-ring (bicyclic) bond motifs is 6. The average molecular weight is 539 g/mol. The van der Waals surface area contributed by atoms with E-state index < -0.39 is 0 Å². The van der Waals surface area contributed by atoms with Gasteiger partial charge in [-0.15, -0.1) is 0 Å². The van der Waals surface area contributed by atoms with Gasteiger partial charge in [-0.1, -0.05) is 30.3 Å². The Morgan fingerprint density at radius 2 is 1.85 bits per heavy atom. The van der Waals surface area contributed by atoms with Crippen molar-refractivity contribution in [1.29, 1.82) is 0 Å². The molecule has 4 aromatic rings. The van der Waals surface area contributed by atoms with Crippen LogP contribution in [-0.4, -0.2) is 51.9 Å². The van der Waals surface area contributed by atoms with Crippen LogP contribution in [0.3, 0.4) is 0 Å². The molecule has 1 fully saturated rings. The van der Waals surface area contributed by atoms with Crippen molar-refractivity contribution in [2.75, 3.05) is 20.2 Å². The number of para-hydroxylation sites is 1. The largest absolute Gasteiger partial charge is 0.504 e. The second-order valence-corrected chi connectivity index (χ2v) is 10.7. The summed E-state index contributed by atoms with van der Waals surface area (Å²) in [5, 5.41) is 18.6. The number of carbonyl (C=O) groups is 1. The number of aromatic hydroxyl groups is 1. The van der Waals surface area contributed by atoms with Gasteiger partial charge in [-0.2, -0.15) is 5.10 Å². The number of nitrogens with zero attached hydrogens (tertiary/aromatic N) is 3. The summed E-state index contributed by atoms with van der Waals surface area (Å²) < 4.78 is 13.8. The minimum atomic E-state index is -0.0595. The third-order valence-corrected chi connectivity index (χ3v) is 8.07. The van der Waals surface area contributed by atoms with Gasteiger partial charge in [0.1, 0.15) is 0 Å². The Hall–Kier alpha value is -4.30. The second-order valence-electron chi connectivity index (χ2n) is 10.7. The molecule has 206 valence electrons. The number of likely N-dealkylation sites (tertiary alicyclic amines) is 1. The van der Waals surface area contributed by atoms with E-state index in [0.717, 1.165) is 47.8 Å². The lowest BCUT2D eigenvalue weighted by Gasteiger charge is -2.21. The first kappa shape index (κ1) is 26.0. The summed E-state index contributed by atoms with van der Waals surface area (Å²) in [6.07, 6.45) is 0.908. The van der Waals surface area contributed by atoms with E-state index in [4.69, 9.17) is 14.6 Å². The number of nitrogens with one attached hydrogen (secondary N) is 1. The number of hydrogen-bond donors (Lipinski definition) is 2. The molecule has 3 heterocycles. The molecule has 0 unspecified atom stereocenters. The van der Waals surface area contributed by atoms with Crippen LogP contribution in [0.5, 0.6) is 23.0 Å². The third kappa shape index (κ3) is 5.02. The molecule has 2 N–H and O–H groups in total. The summed E-state index contributed by atoms with van der Waals surface area (Å²) in [6, 6.07) is 21.2. The molecule has 0 radical (unpaired) electrons. The predicted molar refractivity (Wildman–Crippen MR) is 152 cm³/mol. The molecule has 0 spiro atoms. The maximum Gasteiger partial charge on any atom is 0.220 e. The molecule has 0 saturated carbocycles. The van der Waals surface area contributed by atoms with Crippen molar-refractivity contribution in [3.05, 3.63) is 94.8 Å². The fraction of sp³-hybridized carbons (Fsp3) is 0.312. The topological polar surface area (TPSA) is 88.8 Å². The van der Waals surface area contributed by atoms with Gasteiger partial charge in [-0.3, -0.25) is 9.69 Å². The Morgan fingerprint density at radius 1 is 1.02 bits per heavy atom. The van der Waals surface area contributed by atoms with E-state index in [1.54, 1.807) is 19.2 Å². The summed E-state index contributed by atoms with van der Waals surface area (Å²) in [5.41, 5.74) is 6.35. The van der Waals surface area contributed by atoms with Crippen LogP contribution in [0.2, 0.25) is 0 Å². The molecule has 1 aromatic heterocycles. The van der Waals surface area contributed by atoms with Gasteiger partial charge in [0.25, 0.3) is 0 Å². The molecule has 3 aromatic carbocycles. The summed E-state index contributed by atoms with van der Waals surface area (Å²) >= 11 is 0. The fourth-order valence-corrected chi connectivity index (χ4v) is 5.90. The fourth-order valence-electron chi connectivity index (χ4n) is 5.90. The Bertz CT molecular complexity index is 1550. The standard InChI is InChI=1S/C32H34N4O4/c1-20-25(21(2)36(34-20)24-7-5-4-6-8-24)17-35-18-26-23-11-13-29(39-3)31(16-23)40-30-15-22(9-12-28(30)37)10-14-32(38)33-27(26)19-35/h4-9,11-13,15-16,26-27,37H,10,14,17-19H2,1-3H3,(H,33,38)/t26-,27+/m0/s1. The molecule has 40 heavy (non-hydrogen) atoms. The highest BCUT2D eigenvalue weighted by molar-refractivity contribution is 5.77. The first-order valence-electron chi connectivity index (χ1n) is 13.7. The number of carbonyl (C=O) groups excluding carboxylic acids is 1. The number of aryl methyl sites for hydroxylation is 2. The maximum absolute atomic E-state index is 13.1. The van der Waals surface area contributed by atoms with Gasteiger partial charge >= 0.3 is 0 Å². The number of ether oxygens (including phenoxy) is 2. The van der Waals surface area contributed by atoms with Crippen LogP contribution in [0, 0.1) is 13.8 Å². The number of rotatable bonds is 4. The first-order valence-corrected chi connectivity index (χ1v) is 13.7. The highest BCUT2D eigenvalue weighted by Gasteiger charge is 2.36. The lowest BCUT2D eigenvalue weighted by molar-refractivity contribution is -0.121. The van der Waals surface area contributed by atoms with Gasteiger partial charge < -0.3 is 19.9 Å². The van der Waals surface area contributed by atoms with Gasteiger partial charge in [-0.25, -0.2) is 4.68 Å². The molecule has 2 atom stereocenters. The quantitative estimate of drug-likeness (QED) is 0.379. The maximum atomic E-state index is 13.1. The monoisotopic (exact) mass is 538 g/mol. The van der Waals surface area contributed by atoms with Crippen molar-refractivity contribution < 1.29 is 19.4 Å². The van der Waals surface area contributed by atoms with Gasteiger partial charge in [0.15, 0.2) is 23.0 Å². The normalized spacial score (nSPS) is 19.0. The number of amides is 1. The minimum absolute atomic E-state index is 0.0182. The van der Waals surface area contributed by atoms with Crippen LogP contribution in [0.15, 0.2) is 66.7 Å². The van der Waals surface area contributed by atoms with Crippen LogP contribution < -0.4 is 14.8 Å². The summed E-state index contributed by atoms with van der Waals surface area (Å²) in [4.78, 5) is 15.5. The Balaban J connectivity index is 1.32. The van der Waals surface area contributed by atoms with E-state index in [-0.39, 0.29) is 23.6 Å². The Labute approximate surface area is 234 Å². The highest BCUT2D eigenvalue weighted by atomic mass is 16.5.